The molecule has 0 aliphatic carbocycles. The minimum atomic E-state index is -1.14. The number of carbonyl (C=O) groups is 2. The summed E-state index contributed by atoms with van der Waals surface area (Å²) in [5.41, 5.74) is 7.76. The Bertz CT molecular complexity index is 1340. The van der Waals surface area contributed by atoms with Gasteiger partial charge in [-0.2, -0.15) is 0 Å². The third-order valence-corrected chi connectivity index (χ3v) is 6.68. The number of para-hydroxylation sites is 1. The highest BCUT2D eigenvalue weighted by Crippen LogP contribution is 2.44. The van der Waals surface area contributed by atoms with Crippen molar-refractivity contribution in [3.63, 3.8) is 0 Å². The summed E-state index contributed by atoms with van der Waals surface area (Å²) in [6.07, 6.45) is -1.57. The molecule has 0 fully saturated rings. The molecule has 206 valence electrons. The van der Waals surface area contributed by atoms with Crippen molar-refractivity contribution in [2.24, 2.45) is 5.73 Å². The molecule has 0 radical (unpaired) electrons. The Labute approximate surface area is 231 Å². The molecule has 2 unspecified atom stereocenters. The summed E-state index contributed by atoms with van der Waals surface area (Å²) in [5, 5.41) is 3.14. The third kappa shape index (κ3) is 6.50. The van der Waals surface area contributed by atoms with E-state index in [1.807, 2.05) is 6.07 Å². The van der Waals surface area contributed by atoms with Crippen LogP contribution in [0.5, 0.6) is 11.5 Å². The van der Waals surface area contributed by atoms with Crippen LogP contribution in [-0.2, 0) is 20.9 Å². The Morgan fingerprint density at radius 3 is 2.69 bits per heavy atom. The van der Waals surface area contributed by atoms with Crippen LogP contribution < -0.4 is 25.4 Å². The van der Waals surface area contributed by atoms with Gasteiger partial charge in [0, 0.05) is 41.0 Å². The van der Waals surface area contributed by atoms with Crippen LogP contribution in [0.1, 0.15) is 35.6 Å². The SMILES string of the molecule is COc1c(OCCCN)cccc1C1OC(CC(=O)NCc2ccccc2F)C(=O)N(C)c2ccc(Cl)cc21. The van der Waals surface area contributed by atoms with E-state index in [0.29, 0.717) is 58.5 Å². The number of carbonyl (C=O) groups excluding carboxylic acids is 2. The number of rotatable bonds is 10. The van der Waals surface area contributed by atoms with Crippen LogP contribution in [0.15, 0.2) is 60.7 Å². The van der Waals surface area contributed by atoms with E-state index in [4.69, 9.17) is 31.5 Å². The lowest BCUT2D eigenvalue weighted by Crippen LogP contribution is -2.40. The van der Waals surface area contributed by atoms with Gasteiger partial charge in [-0.3, -0.25) is 9.59 Å². The Kier molecular flexibility index (Phi) is 9.40. The Hall–Kier alpha value is -3.66. The number of fused-ring (bicyclic) bond motifs is 1. The van der Waals surface area contributed by atoms with E-state index < -0.39 is 29.8 Å². The van der Waals surface area contributed by atoms with E-state index >= 15 is 0 Å². The molecule has 1 heterocycles. The molecule has 2 amide bonds. The molecule has 1 aliphatic rings. The van der Waals surface area contributed by atoms with Gasteiger partial charge in [0.05, 0.1) is 20.1 Å². The number of nitrogens with one attached hydrogen (secondary N) is 1. The predicted octanol–water partition coefficient (Wildman–Crippen LogP) is 4.37. The van der Waals surface area contributed by atoms with Gasteiger partial charge < -0.3 is 30.2 Å². The second-order valence-corrected chi connectivity index (χ2v) is 9.48. The van der Waals surface area contributed by atoms with Gasteiger partial charge in [-0.05, 0) is 43.3 Å². The lowest BCUT2D eigenvalue weighted by atomic mass is 9.98. The maximum Gasteiger partial charge on any atom is 0.256 e. The van der Waals surface area contributed by atoms with Gasteiger partial charge in [-0.1, -0.05) is 41.9 Å². The summed E-state index contributed by atoms with van der Waals surface area (Å²) in [6, 6.07) is 16.7. The number of likely N-dealkylation sites (N-methyl/N-ethyl adjacent to an activating group) is 1. The number of nitrogens with zero attached hydrogens (tertiary/aromatic N) is 1. The molecule has 0 saturated heterocycles. The summed E-state index contributed by atoms with van der Waals surface area (Å²) in [7, 11) is 3.14. The van der Waals surface area contributed by atoms with Gasteiger partial charge in [0.15, 0.2) is 11.5 Å². The van der Waals surface area contributed by atoms with Gasteiger partial charge >= 0.3 is 0 Å². The number of anilines is 1. The van der Waals surface area contributed by atoms with Gasteiger partial charge in [-0.15, -0.1) is 0 Å². The second-order valence-electron chi connectivity index (χ2n) is 9.05. The minimum absolute atomic E-state index is 0.0163. The first kappa shape index (κ1) is 28.4. The molecule has 4 rings (SSSR count). The largest absolute Gasteiger partial charge is 0.492 e. The maximum absolute atomic E-state index is 14.0. The van der Waals surface area contributed by atoms with Crippen LogP contribution in [0.4, 0.5) is 10.1 Å². The molecule has 3 aromatic carbocycles. The van der Waals surface area contributed by atoms with Gasteiger partial charge in [-0.25, -0.2) is 4.39 Å². The second kappa shape index (κ2) is 12.9. The minimum Gasteiger partial charge on any atom is -0.492 e. The highest BCUT2D eigenvalue weighted by atomic mass is 35.5. The number of methoxy groups -OCH3 is 1. The number of nitrogens with two attached hydrogens (primary N) is 1. The van der Waals surface area contributed by atoms with Crippen molar-refractivity contribution < 1.29 is 28.2 Å². The lowest BCUT2D eigenvalue weighted by Gasteiger charge is -2.24. The molecule has 8 nitrogen and oxygen atoms in total. The number of ether oxygens (including phenoxy) is 3. The smallest absolute Gasteiger partial charge is 0.256 e. The molecule has 0 aromatic heterocycles. The quantitative estimate of drug-likeness (QED) is 0.360. The number of halogens is 2. The molecule has 1 aliphatic heterocycles. The van der Waals surface area contributed by atoms with Crippen molar-refractivity contribution in [2.75, 3.05) is 32.2 Å². The van der Waals surface area contributed by atoms with E-state index in [9.17, 15) is 14.0 Å². The summed E-state index contributed by atoms with van der Waals surface area (Å²) in [6.45, 7) is 0.864. The molecule has 0 spiro atoms. The van der Waals surface area contributed by atoms with Gasteiger partial charge in [0.25, 0.3) is 5.91 Å². The van der Waals surface area contributed by atoms with Crippen molar-refractivity contribution in [3.05, 3.63) is 88.2 Å². The number of benzene rings is 3. The molecule has 10 heteroatoms. The predicted molar refractivity (Wildman–Crippen MR) is 147 cm³/mol. The molecule has 0 saturated carbocycles. The van der Waals surface area contributed by atoms with E-state index in [1.165, 1.54) is 18.1 Å². The highest BCUT2D eigenvalue weighted by molar-refractivity contribution is 6.30. The number of hydrogen-bond acceptors (Lipinski definition) is 6. The van der Waals surface area contributed by atoms with Gasteiger partial charge in [0.2, 0.25) is 5.91 Å². The Morgan fingerprint density at radius 1 is 1.15 bits per heavy atom. The van der Waals surface area contributed by atoms with Crippen LogP contribution in [0, 0.1) is 5.82 Å². The van der Waals surface area contributed by atoms with Crippen molar-refractivity contribution in [1.82, 2.24) is 5.32 Å². The normalized spacial score (nSPS) is 16.8. The zero-order valence-corrected chi connectivity index (χ0v) is 22.5. The summed E-state index contributed by atoms with van der Waals surface area (Å²) in [5.74, 6) is -0.355. The van der Waals surface area contributed by atoms with Crippen molar-refractivity contribution in [3.8, 4) is 11.5 Å². The third-order valence-electron chi connectivity index (χ3n) is 6.45. The summed E-state index contributed by atoms with van der Waals surface area (Å²) >= 11 is 6.37. The van der Waals surface area contributed by atoms with E-state index in [2.05, 4.69) is 5.32 Å². The maximum atomic E-state index is 14.0. The zero-order chi connectivity index (χ0) is 27.9. The van der Waals surface area contributed by atoms with Crippen molar-refractivity contribution in [2.45, 2.75) is 31.6 Å². The summed E-state index contributed by atoms with van der Waals surface area (Å²) < 4.78 is 32.0. The fourth-order valence-electron chi connectivity index (χ4n) is 4.46. The first-order valence-corrected chi connectivity index (χ1v) is 12.9. The molecular weight excluding hydrogens is 525 g/mol. The topological polar surface area (TPSA) is 103 Å². The highest BCUT2D eigenvalue weighted by Gasteiger charge is 2.37. The van der Waals surface area contributed by atoms with Crippen LogP contribution in [0.2, 0.25) is 5.02 Å². The van der Waals surface area contributed by atoms with E-state index in [0.717, 1.165) is 0 Å². The molecule has 3 N–H and O–H groups in total. The molecule has 3 aromatic rings. The van der Waals surface area contributed by atoms with Gasteiger partial charge in [0.1, 0.15) is 18.0 Å². The van der Waals surface area contributed by atoms with Crippen LogP contribution in [0.3, 0.4) is 0 Å². The Morgan fingerprint density at radius 2 is 1.95 bits per heavy atom. The van der Waals surface area contributed by atoms with Crippen molar-refractivity contribution >= 4 is 29.1 Å². The molecule has 2 atom stereocenters. The molecule has 0 bridgehead atoms. The first-order chi connectivity index (χ1) is 18.8. The standard InChI is InChI=1S/C29H31ClFN3O5/c1-34-23-12-11-19(30)15-21(23)27(20-8-5-10-24(28(20)37-2)38-14-6-13-32)39-25(29(34)36)16-26(35)33-17-18-7-3-4-9-22(18)31/h3-5,7-12,15,25,27H,6,13-14,16-17,32H2,1-2H3,(H,33,35). The average Bonchev–Trinajstić information content (AvgIpc) is 3.03. The van der Waals surface area contributed by atoms with Crippen LogP contribution in [0.25, 0.3) is 0 Å². The fraction of sp³-hybridized carbons (Fsp3) is 0.310. The average molecular weight is 556 g/mol. The van der Waals surface area contributed by atoms with Crippen molar-refractivity contribution in [1.29, 1.82) is 0 Å². The molecule has 39 heavy (non-hydrogen) atoms. The number of hydrogen-bond donors (Lipinski definition) is 2. The molecular formula is C29H31ClFN3O5. The zero-order valence-electron chi connectivity index (χ0n) is 21.8. The monoisotopic (exact) mass is 555 g/mol. The first-order valence-electron chi connectivity index (χ1n) is 12.6. The Balaban J connectivity index is 1.67. The van der Waals surface area contributed by atoms with E-state index in [1.54, 1.807) is 55.6 Å². The fourth-order valence-corrected chi connectivity index (χ4v) is 4.64. The summed E-state index contributed by atoms with van der Waals surface area (Å²) in [4.78, 5) is 27.8. The van der Waals surface area contributed by atoms with Crippen LogP contribution >= 0.6 is 11.6 Å². The lowest BCUT2D eigenvalue weighted by molar-refractivity contribution is -0.137. The van der Waals surface area contributed by atoms with E-state index in [-0.39, 0.29) is 13.0 Å². The number of amides is 2. The van der Waals surface area contributed by atoms with Crippen LogP contribution in [-0.4, -0.2) is 45.2 Å².